The molecule has 2 aromatic rings. The molecule has 22 heavy (non-hydrogen) atoms. The Bertz CT molecular complexity index is 661. The first-order valence-corrected chi connectivity index (χ1v) is 7.61. The molecule has 0 atom stereocenters. The lowest BCUT2D eigenvalue weighted by Gasteiger charge is -2.31. The maximum Gasteiger partial charge on any atom is 0.219 e. The van der Waals surface area contributed by atoms with Crippen LogP contribution in [0.15, 0.2) is 42.6 Å². The normalized spacial score (nSPS) is 15.8. The molecule has 0 bridgehead atoms. The minimum absolute atomic E-state index is 0.153. The number of rotatable bonds is 2. The van der Waals surface area contributed by atoms with Crippen LogP contribution in [0.1, 0.15) is 31.2 Å². The van der Waals surface area contributed by atoms with Gasteiger partial charge in [0.2, 0.25) is 5.91 Å². The monoisotopic (exact) mass is 298 g/mol. The lowest BCUT2D eigenvalue weighted by molar-refractivity contribution is -0.129. The Balaban J connectivity index is 1.77. The van der Waals surface area contributed by atoms with Crippen molar-refractivity contribution in [1.82, 2.24) is 9.88 Å². The van der Waals surface area contributed by atoms with E-state index in [0.717, 1.165) is 37.2 Å². The van der Waals surface area contributed by atoms with Gasteiger partial charge in [-0.1, -0.05) is 0 Å². The quantitative estimate of drug-likeness (QED) is 0.848. The minimum atomic E-state index is -0.239. The van der Waals surface area contributed by atoms with Crippen LogP contribution < -0.4 is 0 Å². The zero-order valence-electron chi connectivity index (χ0n) is 12.6. The molecule has 1 amide bonds. The van der Waals surface area contributed by atoms with E-state index in [1.807, 2.05) is 17.2 Å². The van der Waals surface area contributed by atoms with Gasteiger partial charge < -0.3 is 4.90 Å². The Morgan fingerprint density at radius 3 is 2.50 bits per heavy atom. The van der Waals surface area contributed by atoms with Crippen molar-refractivity contribution in [3.8, 4) is 11.3 Å². The highest BCUT2D eigenvalue weighted by Gasteiger charge is 2.22. The number of aromatic nitrogens is 1. The van der Waals surface area contributed by atoms with E-state index < -0.39 is 0 Å². The summed E-state index contributed by atoms with van der Waals surface area (Å²) in [4.78, 5) is 17.7. The molecule has 1 saturated heterocycles. The molecular weight excluding hydrogens is 279 g/mol. The number of pyridine rings is 1. The van der Waals surface area contributed by atoms with Gasteiger partial charge in [0.05, 0.1) is 5.69 Å². The van der Waals surface area contributed by atoms with Crippen molar-refractivity contribution in [3.63, 3.8) is 0 Å². The summed E-state index contributed by atoms with van der Waals surface area (Å²) in [6, 6.07) is 10.5. The van der Waals surface area contributed by atoms with E-state index in [0.29, 0.717) is 5.92 Å². The second kappa shape index (κ2) is 6.26. The maximum absolute atomic E-state index is 13.0. The van der Waals surface area contributed by atoms with Crippen LogP contribution in [-0.4, -0.2) is 28.9 Å². The van der Waals surface area contributed by atoms with Crippen molar-refractivity contribution in [2.24, 2.45) is 0 Å². The van der Waals surface area contributed by atoms with Gasteiger partial charge in [-0.25, -0.2) is 4.39 Å². The van der Waals surface area contributed by atoms with Gasteiger partial charge >= 0.3 is 0 Å². The summed E-state index contributed by atoms with van der Waals surface area (Å²) in [7, 11) is 0. The van der Waals surface area contributed by atoms with Gasteiger partial charge in [-0.2, -0.15) is 0 Å². The van der Waals surface area contributed by atoms with Gasteiger partial charge in [0, 0.05) is 31.8 Å². The van der Waals surface area contributed by atoms with Crippen LogP contribution in [0.2, 0.25) is 0 Å². The van der Waals surface area contributed by atoms with Crippen LogP contribution in [0.4, 0.5) is 4.39 Å². The molecule has 1 aromatic heterocycles. The molecule has 4 heteroatoms. The van der Waals surface area contributed by atoms with Crippen molar-refractivity contribution in [2.45, 2.75) is 25.7 Å². The lowest BCUT2D eigenvalue weighted by Crippen LogP contribution is -2.36. The summed E-state index contributed by atoms with van der Waals surface area (Å²) in [6.45, 7) is 3.25. The first-order valence-electron chi connectivity index (χ1n) is 7.61. The predicted molar refractivity (Wildman–Crippen MR) is 83.9 cm³/mol. The first kappa shape index (κ1) is 14.7. The SMILES string of the molecule is CC(=O)N1CCC(c2ccnc(-c3ccc(F)cc3)c2)CC1. The van der Waals surface area contributed by atoms with E-state index in [4.69, 9.17) is 0 Å². The standard InChI is InChI=1S/C18H19FN2O/c1-13(22)21-10-7-14(8-11-21)16-6-9-20-18(12-16)15-2-4-17(19)5-3-15/h2-6,9,12,14H,7-8,10-11H2,1H3. The molecule has 114 valence electrons. The third kappa shape index (κ3) is 3.16. The summed E-state index contributed by atoms with van der Waals surface area (Å²) >= 11 is 0. The Hall–Kier alpha value is -2.23. The fraction of sp³-hybridized carbons (Fsp3) is 0.333. The van der Waals surface area contributed by atoms with Gasteiger partial charge in [0.1, 0.15) is 5.82 Å². The molecule has 0 radical (unpaired) electrons. The largest absolute Gasteiger partial charge is 0.343 e. The third-order valence-electron chi connectivity index (χ3n) is 4.34. The van der Waals surface area contributed by atoms with Crippen LogP contribution in [0.5, 0.6) is 0 Å². The highest BCUT2D eigenvalue weighted by Crippen LogP contribution is 2.30. The van der Waals surface area contributed by atoms with Crippen molar-refractivity contribution >= 4 is 5.91 Å². The van der Waals surface area contributed by atoms with Crippen LogP contribution >= 0.6 is 0 Å². The Morgan fingerprint density at radius 2 is 1.86 bits per heavy atom. The second-order valence-electron chi connectivity index (χ2n) is 5.76. The maximum atomic E-state index is 13.0. The predicted octanol–water partition coefficient (Wildman–Crippen LogP) is 3.61. The van der Waals surface area contributed by atoms with Crippen molar-refractivity contribution in [2.75, 3.05) is 13.1 Å². The highest BCUT2D eigenvalue weighted by molar-refractivity contribution is 5.73. The number of amides is 1. The molecule has 1 aliphatic rings. The molecule has 0 saturated carbocycles. The molecule has 0 N–H and O–H groups in total. The van der Waals surface area contributed by atoms with Gasteiger partial charge in [-0.3, -0.25) is 9.78 Å². The summed E-state index contributed by atoms with van der Waals surface area (Å²) < 4.78 is 13.0. The number of hydrogen-bond acceptors (Lipinski definition) is 2. The third-order valence-corrected chi connectivity index (χ3v) is 4.34. The van der Waals surface area contributed by atoms with Crippen molar-refractivity contribution in [1.29, 1.82) is 0 Å². The summed E-state index contributed by atoms with van der Waals surface area (Å²) in [5, 5.41) is 0. The summed E-state index contributed by atoms with van der Waals surface area (Å²) in [5.74, 6) is 0.370. The first-order chi connectivity index (χ1) is 10.6. The van der Waals surface area contributed by atoms with E-state index in [-0.39, 0.29) is 11.7 Å². The molecular formula is C18H19FN2O. The molecule has 2 heterocycles. The van der Waals surface area contributed by atoms with Crippen LogP contribution in [-0.2, 0) is 4.79 Å². The molecule has 0 aliphatic carbocycles. The van der Waals surface area contributed by atoms with E-state index in [1.54, 1.807) is 19.1 Å². The van der Waals surface area contributed by atoms with Gasteiger partial charge in [-0.15, -0.1) is 0 Å². The topological polar surface area (TPSA) is 33.2 Å². The fourth-order valence-corrected chi connectivity index (χ4v) is 3.01. The van der Waals surface area contributed by atoms with E-state index in [1.165, 1.54) is 17.7 Å². The number of piperidine rings is 1. The molecule has 3 rings (SSSR count). The molecule has 1 aromatic carbocycles. The molecule has 3 nitrogen and oxygen atoms in total. The Kier molecular flexibility index (Phi) is 4.18. The Labute approximate surface area is 129 Å². The number of hydrogen-bond donors (Lipinski definition) is 0. The molecule has 0 unspecified atom stereocenters. The van der Waals surface area contributed by atoms with Crippen LogP contribution in [0, 0.1) is 5.82 Å². The number of carbonyl (C=O) groups is 1. The van der Waals surface area contributed by atoms with Gasteiger partial charge in [0.25, 0.3) is 0 Å². The van der Waals surface area contributed by atoms with E-state index >= 15 is 0 Å². The van der Waals surface area contributed by atoms with Gasteiger partial charge in [-0.05, 0) is 60.7 Å². The van der Waals surface area contributed by atoms with Crippen LogP contribution in [0.25, 0.3) is 11.3 Å². The van der Waals surface area contributed by atoms with Gasteiger partial charge in [0.15, 0.2) is 0 Å². The Morgan fingerprint density at radius 1 is 1.18 bits per heavy atom. The van der Waals surface area contributed by atoms with Crippen molar-refractivity contribution in [3.05, 3.63) is 54.0 Å². The molecule has 0 spiro atoms. The summed E-state index contributed by atoms with van der Waals surface area (Å²) in [5.41, 5.74) is 3.04. The smallest absolute Gasteiger partial charge is 0.219 e. The number of carbonyl (C=O) groups excluding carboxylic acids is 1. The minimum Gasteiger partial charge on any atom is -0.343 e. The number of likely N-dealkylation sites (tertiary alicyclic amines) is 1. The lowest BCUT2D eigenvalue weighted by atomic mass is 9.89. The van der Waals surface area contributed by atoms with Crippen molar-refractivity contribution < 1.29 is 9.18 Å². The summed E-state index contributed by atoms with van der Waals surface area (Å²) in [6.07, 6.45) is 3.77. The average molecular weight is 298 g/mol. The number of benzene rings is 1. The molecule has 1 fully saturated rings. The number of nitrogens with zero attached hydrogens (tertiary/aromatic N) is 2. The highest BCUT2D eigenvalue weighted by atomic mass is 19.1. The van der Waals surface area contributed by atoms with Crippen LogP contribution in [0.3, 0.4) is 0 Å². The second-order valence-corrected chi connectivity index (χ2v) is 5.76. The van der Waals surface area contributed by atoms with E-state index in [9.17, 15) is 9.18 Å². The fourth-order valence-electron chi connectivity index (χ4n) is 3.01. The number of halogens is 1. The molecule has 1 aliphatic heterocycles. The van der Waals surface area contributed by atoms with E-state index in [2.05, 4.69) is 11.1 Å². The zero-order chi connectivity index (χ0) is 15.5. The zero-order valence-corrected chi connectivity index (χ0v) is 12.6. The average Bonchev–Trinajstić information content (AvgIpc) is 2.56.